The van der Waals surface area contributed by atoms with E-state index in [0.717, 1.165) is 67.2 Å². The van der Waals surface area contributed by atoms with Crippen LogP contribution in [0.5, 0.6) is 11.5 Å². The van der Waals surface area contributed by atoms with Crippen molar-refractivity contribution in [3.05, 3.63) is 95.9 Å². The van der Waals surface area contributed by atoms with E-state index in [2.05, 4.69) is 34.2 Å². The number of benzene rings is 3. The minimum atomic E-state index is -0.646. The number of hydrogen-bond acceptors (Lipinski definition) is 6. The average molecular weight is 633 g/mol. The zero-order valence-electron chi connectivity index (χ0n) is 27.1. The fourth-order valence-electron chi connectivity index (χ4n) is 7.57. The number of nitrogens with zero attached hydrogens (tertiary/aromatic N) is 4. The highest BCUT2D eigenvalue weighted by atomic mass is 16.5. The van der Waals surface area contributed by atoms with Gasteiger partial charge in [-0.1, -0.05) is 61.7 Å². The molecule has 4 aromatic rings. The van der Waals surface area contributed by atoms with Gasteiger partial charge in [-0.2, -0.15) is 0 Å². The summed E-state index contributed by atoms with van der Waals surface area (Å²) < 4.78 is 12.6. The van der Waals surface area contributed by atoms with Crippen molar-refractivity contribution >= 4 is 22.7 Å². The lowest BCUT2D eigenvalue weighted by Crippen LogP contribution is -2.50. The Kier molecular flexibility index (Phi) is 9.63. The van der Waals surface area contributed by atoms with Gasteiger partial charge in [-0.05, 0) is 79.3 Å². The van der Waals surface area contributed by atoms with Crippen molar-refractivity contribution in [1.82, 2.24) is 19.8 Å². The fourth-order valence-corrected chi connectivity index (χ4v) is 7.57. The number of amides is 2. The summed E-state index contributed by atoms with van der Waals surface area (Å²) in [5, 5.41) is 0.967. The van der Waals surface area contributed by atoms with E-state index in [0.29, 0.717) is 37.0 Å². The largest absolute Gasteiger partial charge is 0.489 e. The number of rotatable bonds is 10. The normalized spacial score (nSPS) is 18.7. The van der Waals surface area contributed by atoms with Crippen LogP contribution in [0.25, 0.3) is 10.9 Å². The molecule has 8 heteroatoms. The van der Waals surface area contributed by atoms with Crippen molar-refractivity contribution in [3.8, 4) is 11.5 Å². The Labute approximate surface area is 277 Å². The highest BCUT2D eigenvalue weighted by Crippen LogP contribution is 2.38. The maximum atomic E-state index is 14.4. The van der Waals surface area contributed by atoms with Crippen LogP contribution in [0.4, 0.5) is 0 Å². The second-order valence-electron chi connectivity index (χ2n) is 13.3. The number of likely N-dealkylation sites (tertiary alicyclic amines) is 1. The molecule has 8 nitrogen and oxygen atoms in total. The zero-order chi connectivity index (χ0) is 32.0. The molecule has 3 aromatic carbocycles. The summed E-state index contributed by atoms with van der Waals surface area (Å²) in [5.41, 5.74) is 4.23. The van der Waals surface area contributed by atoms with Gasteiger partial charge < -0.3 is 19.3 Å². The summed E-state index contributed by atoms with van der Waals surface area (Å²) in [6.07, 6.45) is 12.1. The average Bonchev–Trinajstić information content (AvgIpc) is 3.68. The molecular weight excluding hydrogens is 588 g/mol. The van der Waals surface area contributed by atoms with Crippen molar-refractivity contribution < 1.29 is 19.1 Å². The van der Waals surface area contributed by atoms with Crippen molar-refractivity contribution in [2.75, 3.05) is 26.2 Å². The van der Waals surface area contributed by atoms with E-state index in [9.17, 15) is 9.59 Å². The number of fused-ring (bicyclic) bond motifs is 2. The molecule has 2 amide bonds. The maximum absolute atomic E-state index is 14.4. The molecule has 0 N–H and O–H groups in total. The molecule has 47 heavy (non-hydrogen) atoms. The van der Waals surface area contributed by atoms with Crippen LogP contribution in [-0.4, -0.2) is 63.9 Å². The Morgan fingerprint density at radius 3 is 2.60 bits per heavy atom. The van der Waals surface area contributed by atoms with Crippen LogP contribution in [0.2, 0.25) is 0 Å². The highest BCUT2D eigenvalue weighted by Gasteiger charge is 2.36. The van der Waals surface area contributed by atoms with E-state index in [1.807, 2.05) is 52.3 Å². The van der Waals surface area contributed by atoms with Gasteiger partial charge >= 0.3 is 0 Å². The van der Waals surface area contributed by atoms with Crippen molar-refractivity contribution in [3.63, 3.8) is 0 Å². The van der Waals surface area contributed by atoms with E-state index in [1.165, 1.54) is 24.8 Å². The quantitative estimate of drug-likeness (QED) is 0.193. The monoisotopic (exact) mass is 632 g/mol. The van der Waals surface area contributed by atoms with Gasteiger partial charge in [0, 0.05) is 43.2 Å². The Morgan fingerprint density at radius 2 is 1.77 bits per heavy atom. The van der Waals surface area contributed by atoms with E-state index in [4.69, 9.17) is 9.47 Å². The minimum Gasteiger partial charge on any atom is -0.489 e. The molecule has 3 heterocycles. The van der Waals surface area contributed by atoms with Gasteiger partial charge in [0.15, 0.2) is 6.10 Å². The third-order valence-electron chi connectivity index (χ3n) is 10.2. The van der Waals surface area contributed by atoms with E-state index in [1.54, 1.807) is 12.5 Å². The summed E-state index contributed by atoms with van der Waals surface area (Å²) in [4.78, 5) is 40.1. The molecule has 0 unspecified atom stereocenters. The molecule has 244 valence electrons. The molecule has 1 aromatic heterocycles. The van der Waals surface area contributed by atoms with Gasteiger partial charge in [0.1, 0.15) is 24.4 Å². The number of aryl methyl sites for hydroxylation is 1. The topological polar surface area (TPSA) is 84.9 Å². The van der Waals surface area contributed by atoms with Gasteiger partial charge in [-0.3, -0.25) is 9.59 Å². The lowest BCUT2D eigenvalue weighted by molar-refractivity contribution is -0.145. The standard InChI is InChI=1S/C39H44N4O4/c44-38(42-19-7-8-20-42)25-43(24-34(29-9-3-1-4-10-29)30-11-5-2-6-12-30)39(45)36-18-15-31-14-16-33(22-37(31)47-36)46-26-28-13-17-35-32(21-28)23-40-27-41-35/h1,3-4,9-10,13-14,16-17,21-23,27,30,34,36H,2,5-8,11-12,15,18-20,24-26H2/t34-,36-/m0/s1. The van der Waals surface area contributed by atoms with Crippen LogP contribution >= 0.6 is 0 Å². The van der Waals surface area contributed by atoms with Gasteiger partial charge in [-0.25, -0.2) is 9.97 Å². The molecule has 2 atom stereocenters. The van der Waals surface area contributed by atoms with E-state index in [-0.39, 0.29) is 24.3 Å². The van der Waals surface area contributed by atoms with Crippen LogP contribution < -0.4 is 9.47 Å². The molecule has 7 rings (SSSR count). The predicted molar refractivity (Wildman–Crippen MR) is 181 cm³/mol. The summed E-state index contributed by atoms with van der Waals surface area (Å²) in [6, 6.07) is 22.5. The van der Waals surface area contributed by atoms with E-state index < -0.39 is 6.10 Å². The SMILES string of the molecule is O=C(CN(C[C@@H](c1ccccc1)C1CCCCC1)C(=O)[C@@H]1CCc2ccc(OCc3ccc4ncncc4c3)cc2O1)N1CCCC1. The minimum absolute atomic E-state index is 0.0402. The lowest BCUT2D eigenvalue weighted by Gasteiger charge is -2.37. The van der Waals surface area contributed by atoms with Crippen molar-refractivity contribution in [2.45, 2.75) is 76.4 Å². The van der Waals surface area contributed by atoms with Gasteiger partial charge in [-0.15, -0.1) is 0 Å². The van der Waals surface area contributed by atoms with Crippen LogP contribution in [0, 0.1) is 5.92 Å². The van der Waals surface area contributed by atoms with Crippen molar-refractivity contribution in [2.24, 2.45) is 5.92 Å². The number of carbonyl (C=O) groups excluding carboxylic acids is 2. The van der Waals surface area contributed by atoms with Gasteiger partial charge in [0.25, 0.3) is 5.91 Å². The van der Waals surface area contributed by atoms with Crippen LogP contribution in [0.3, 0.4) is 0 Å². The van der Waals surface area contributed by atoms with Crippen molar-refractivity contribution in [1.29, 1.82) is 0 Å². The van der Waals surface area contributed by atoms with Gasteiger partial charge in [0.05, 0.1) is 12.1 Å². The third kappa shape index (κ3) is 7.42. The fraction of sp³-hybridized carbons (Fsp3) is 0.436. The summed E-state index contributed by atoms with van der Waals surface area (Å²) >= 11 is 0. The van der Waals surface area contributed by atoms with Crippen LogP contribution in [0.1, 0.15) is 74.0 Å². The first-order chi connectivity index (χ1) is 23.1. The van der Waals surface area contributed by atoms with E-state index >= 15 is 0 Å². The summed E-state index contributed by atoms with van der Waals surface area (Å²) in [6.45, 7) is 2.56. The number of ether oxygens (including phenoxy) is 2. The first-order valence-electron chi connectivity index (χ1n) is 17.3. The molecule has 1 aliphatic carbocycles. The highest BCUT2D eigenvalue weighted by molar-refractivity contribution is 5.87. The zero-order valence-corrected chi connectivity index (χ0v) is 27.1. The number of carbonyl (C=O) groups is 2. The predicted octanol–water partition coefficient (Wildman–Crippen LogP) is 6.72. The van der Waals surface area contributed by atoms with Gasteiger partial charge in [0.2, 0.25) is 5.91 Å². The Bertz CT molecular complexity index is 1680. The molecule has 0 radical (unpaired) electrons. The first kappa shape index (κ1) is 31.2. The number of aromatic nitrogens is 2. The lowest BCUT2D eigenvalue weighted by atomic mass is 9.76. The molecule has 1 saturated heterocycles. The number of hydrogen-bond donors (Lipinski definition) is 0. The maximum Gasteiger partial charge on any atom is 0.264 e. The van der Waals surface area contributed by atoms with Crippen LogP contribution in [-0.2, 0) is 22.6 Å². The first-order valence-corrected chi connectivity index (χ1v) is 17.3. The Morgan fingerprint density at radius 1 is 0.936 bits per heavy atom. The second-order valence-corrected chi connectivity index (χ2v) is 13.3. The third-order valence-corrected chi connectivity index (χ3v) is 10.2. The molecule has 0 spiro atoms. The molecule has 2 fully saturated rings. The Hall–Kier alpha value is -4.46. The van der Waals surface area contributed by atoms with Crippen LogP contribution in [0.15, 0.2) is 79.3 Å². The molecule has 3 aliphatic rings. The summed E-state index contributed by atoms with van der Waals surface area (Å²) in [7, 11) is 0. The molecule has 2 aliphatic heterocycles. The summed E-state index contributed by atoms with van der Waals surface area (Å²) in [5.74, 6) is 1.99. The Balaban J connectivity index is 1.08. The molecule has 0 bridgehead atoms. The smallest absolute Gasteiger partial charge is 0.264 e. The molecule has 1 saturated carbocycles. The second kappa shape index (κ2) is 14.5. The molecular formula is C39H44N4O4.